The molecule has 3 heteroatoms. The maximum atomic E-state index is 4.52. The molecule has 1 heterocycles. The van der Waals surface area contributed by atoms with E-state index in [0.717, 1.165) is 17.7 Å². The van der Waals surface area contributed by atoms with Gasteiger partial charge in [-0.1, -0.05) is 34.1 Å². The van der Waals surface area contributed by atoms with Crippen molar-refractivity contribution in [1.82, 2.24) is 4.98 Å². The van der Waals surface area contributed by atoms with Crippen LogP contribution < -0.4 is 4.90 Å². The number of hydrogen-bond acceptors (Lipinski definition) is 2. The second-order valence-electron chi connectivity index (χ2n) is 4.24. The lowest BCUT2D eigenvalue weighted by atomic mass is 10.2. The van der Waals surface area contributed by atoms with Crippen LogP contribution in [-0.2, 0) is 5.33 Å². The standard InChI is InChI=1S/C15H17BrN2/c1-3-18(14-6-4-5-12(2)9-14)15-8-7-13(10-16)11-17-15/h4-9,11H,3,10H2,1-2H3. The highest BCUT2D eigenvalue weighted by atomic mass is 79.9. The van der Waals surface area contributed by atoms with Gasteiger partial charge in [-0.2, -0.15) is 0 Å². The van der Waals surface area contributed by atoms with Crippen molar-refractivity contribution in [1.29, 1.82) is 0 Å². The molecule has 0 saturated carbocycles. The summed E-state index contributed by atoms with van der Waals surface area (Å²) in [6.07, 6.45) is 1.92. The molecular weight excluding hydrogens is 288 g/mol. The second-order valence-corrected chi connectivity index (χ2v) is 4.80. The van der Waals surface area contributed by atoms with Crippen molar-refractivity contribution in [3.05, 3.63) is 53.7 Å². The third-order valence-corrected chi connectivity index (χ3v) is 3.52. The molecule has 0 N–H and O–H groups in total. The van der Waals surface area contributed by atoms with Gasteiger partial charge in [0.05, 0.1) is 0 Å². The number of aromatic nitrogens is 1. The SMILES string of the molecule is CCN(c1cccc(C)c1)c1ccc(CBr)cn1. The van der Waals surface area contributed by atoms with Crippen LogP contribution in [-0.4, -0.2) is 11.5 Å². The van der Waals surface area contributed by atoms with E-state index in [2.05, 4.69) is 76.1 Å². The molecule has 2 aromatic rings. The van der Waals surface area contributed by atoms with Crippen molar-refractivity contribution in [3.63, 3.8) is 0 Å². The number of halogens is 1. The van der Waals surface area contributed by atoms with Gasteiger partial charge >= 0.3 is 0 Å². The first-order valence-electron chi connectivity index (χ1n) is 6.09. The molecule has 1 aromatic carbocycles. The first-order chi connectivity index (χ1) is 8.74. The summed E-state index contributed by atoms with van der Waals surface area (Å²) in [5, 5.41) is 0.844. The number of anilines is 2. The minimum atomic E-state index is 0.844. The van der Waals surface area contributed by atoms with Crippen LogP contribution in [0.25, 0.3) is 0 Å². The smallest absolute Gasteiger partial charge is 0.132 e. The summed E-state index contributed by atoms with van der Waals surface area (Å²) in [6.45, 7) is 5.16. The van der Waals surface area contributed by atoms with Crippen LogP contribution in [0.15, 0.2) is 42.6 Å². The third kappa shape index (κ3) is 2.91. The van der Waals surface area contributed by atoms with E-state index < -0.39 is 0 Å². The quantitative estimate of drug-likeness (QED) is 0.776. The molecule has 0 aliphatic heterocycles. The van der Waals surface area contributed by atoms with Crippen LogP contribution in [0.2, 0.25) is 0 Å². The van der Waals surface area contributed by atoms with Gasteiger partial charge in [0.2, 0.25) is 0 Å². The molecule has 94 valence electrons. The van der Waals surface area contributed by atoms with E-state index >= 15 is 0 Å². The fourth-order valence-electron chi connectivity index (χ4n) is 1.93. The number of hydrogen-bond donors (Lipinski definition) is 0. The van der Waals surface area contributed by atoms with Crippen molar-refractivity contribution in [3.8, 4) is 0 Å². The van der Waals surface area contributed by atoms with E-state index in [0.29, 0.717) is 0 Å². The zero-order valence-electron chi connectivity index (χ0n) is 10.7. The number of aryl methyl sites for hydroxylation is 1. The lowest BCUT2D eigenvalue weighted by molar-refractivity contribution is 0.985. The molecule has 0 radical (unpaired) electrons. The molecule has 0 amide bonds. The van der Waals surface area contributed by atoms with Gasteiger partial charge < -0.3 is 4.90 Å². The fourth-order valence-corrected chi connectivity index (χ4v) is 2.26. The van der Waals surface area contributed by atoms with Crippen LogP contribution in [0.3, 0.4) is 0 Å². The summed E-state index contributed by atoms with van der Waals surface area (Å²) in [7, 11) is 0. The minimum absolute atomic E-state index is 0.844. The van der Waals surface area contributed by atoms with E-state index in [-0.39, 0.29) is 0 Å². The summed E-state index contributed by atoms with van der Waals surface area (Å²) in [6, 6.07) is 12.7. The van der Waals surface area contributed by atoms with Crippen molar-refractivity contribution >= 4 is 27.4 Å². The molecule has 0 bridgehead atoms. The molecule has 0 saturated heterocycles. The van der Waals surface area contributed by atoms with Gasteiger partial charge in [-0.3, -0.25) is 0 Å². The van der Waals surface area contributed by atoms with E-state index in [1.807, 2.05) is 6.20 Å². The molecule has 0 unspecified atom stereocenters. The van der Waals surface area contributed by atoms with Crippen LogP contribution in [0.5, 0.6) is 0 Å². The highest BCUT2D eigenvalue weighted by molar-refractivity contribution is 9.08. The zero-order chi connectivity index (χ0) is 13.0. The molecule has 18 heavy (non-hydrogen) atoms. The number of benzene rings is 1. The van der Waals surface area contributed by atoms with E-state index in [9.17, 15) is 0 Å². The molecule has 0 aliphatic carbocycles. The Labute approximate surface area is 117 Å². The number of pyridine rings is 1. The number of alkyl halides is 1. The van der Waals surface area contributed by atoms with Crippen molar-refractivity contribution in [2.75, 3.05) is 11.4 Å². The Morgan fingerprint density at radius 3 is 2.61 bits per heavy atom. The Morgan fingerprint density at radius 2 is 2.06 bits per heavy atom. The van der Waals surface area contributed by atoms with Gasteiger partial charge in [-0.25, -0.2) is 4.98 Å². The average molecular weight is 305 g/mol. The fraction of sp³-hybridized carbons (Fsp3) is 0.267. The highest BCUT2D eigenvalue weighted by Crippen LogP contribution is 2.24. The van der Waals surface area contributed by atoms with Gasteiger partial charge in [0, 0.05) is 23.8 Å². The largest absolute Gasteiger partial charge is 0.327 e. The minimum Gasteiger partial charge on any atom is -0.327 e. The molecule has 0 aliphatic rings. The van der Waals surface area contributed by atoms with Crippen LogP contribution in [0, 0.1) is 6.92 Å². The lowest BCUT2D eigenvalue weighted by Gasteiger charge is -2.22. The Kier molecular flexibility index (Phi) is 4.37. The van der Waals surface area contributed by atoms with Crippen molar-refractivity contribution in [2.45, 2.75) is 19.2 Å². The monoisotopic (exact) mass is 304 g/mol. The Hall–Kier alpha value is -1.35. The van der Waals surface area contributed by atoms with Crippen LogP contribution in [0.4, 0.5) is 11.5 Å². The number of rotatable bonds is 4. The van der Waals surface area contributed by atoms with E-state index in [4.69, 9.17) is 0 Å². The molecule has 0 fully saturated rings. The Balaban J connectivity index is 2.32. The summed E-state index contributed by atoms with van der Waals surface area (Å²) in [5.74, 6) is 0.993. The molecular formula is C15H17BrN2. The maximum absolute atomic E-state index is 4.52. The summed E-state index contributed by atoms with van der Waals surface area (Å²) in [5.41, 5.74) is 3.65. The average Bonchev–Trinajstić information content (AvgIpc) is 2.40. The first-order valence-corrected chi connectivity index (χ1v) is 7.22. The van der Waals surface area contributed by atoms with Gasteiger partial charge in [0.1, 0.15) is 5.82 Å². The topological polar surface area (TPSA) is 16.1 Å². The normalized spacial score (nSPS) is 10.4. The zero-order valence-corrected chi connectivity index (χ0v) is 12.3. The molecule has 0 atom stereocenters. The second kappa shape index (κ2) is 6.01. The predicted molar refractivity (Wildman–Crippen MR) is 80.7 cm³/mol. The predicted octanol–water partition coefficient (Wildman–Crippen LogP) is 4.44. The number of nitrogens with zero attached hydrogens (tertiary/aromatic N) is 2. The summed E-state index contributed by atoms with van der Waals surface area (Å²) >= 11 is 3.44. The van der Waals surface area contributed by atoms with Gasteiger partial charge in [-0.05, 0) is 43.2 Å². The molecule has 0 spiro atoms. The summed E-state index contributed by atoms with van der Waals surface area (Å²) in [4.78, 5) is 6.74. The van der Waals surface area contributed by atoms with Crippen molar-refractivity contribution < 1.29 is 0 Å². The van der Waals surface area contributed by atoms with E-state index in [1.54, 1.807) is 0 Å². The van der Waals surface area contributed by atoms with Crippen molar-refractivity contribution in [2.24, 2.45) is 0 Å². The van der Waals surface area contributed by atoms with Gasteiger partial charge in [-0.15, -0.1) is 0 Å². The first kappa shape index (κ1) is 13.1. The van der Waals surface area contributed by atoms with Crippen LogP contribution in [0.1, 0.15) is 18.1 Å². The maximum Gasteiger partial charge on any atom is 0.132 e. The Bertz CT molecular complexity index is 508. The van der Waals surface area contributed by atoms with Gasteiger partial charge in [0.15, 0.2) is 0 Å². The van der Waals surface area contributed by atoms with Gasteiger partial charge in [0.25, 0.3) is 0 Å². The van der Waals surface area contributed by atoms with Crippen LogP contribution >= 0.6 is 15.9 Å². The summed E-state index contributed by atoms with van der Waals surface area (Å²) < 4.78 is 0. The molecule has 2 rings (SSSR count). The molecule has 2 nitrogen and oxygen atoms in total. The lowest BCUT2D eigenvalue weighted by Crippen LogP contribution is -2.17. The highest BCUT2D eigenvalue weighted by Gasteiger charge is 2.08. The third-order valence-electron chi connectivity index (χ3n) is 2.87. The van der Waals surface area contributed by atoms with E-state index in [1.165, 1.54) is 16.8 Å². The Morgan fingerprint density at radius 1 is 1.22 bits per heavy atom. The molecule has 1 aromatic heterocycles.